The van der Waals surface area contributed by atoms with Gasteiger partial charge in [0, 0.05) is 23.2 Å². The van der Waals surface area contributed by atoms with Crippen LogP contribution in [0.4, 0.5) is 5.82 Å². The second-order valence-electron chi connectivity index (χ2n) is 8.01. The Morgan fingerprint density at radius 1 is 1.07 bits per heavy atom. The van der Waals surface area contributed by atoms with E-state index in [9.17, 15) is 4.79 Å². The van der Waals surface area contributed by atoms with Gasteiger partial charge < -0.3 is 9.73 Å². The SMILES string of the molecule is Cc1oc(-c2ccccc2)nc1C(=O)Nc1cc(C(C)(C)C)nn1-c1ccccn1. The van der Waals surface area contributed by atoms with Gasteiger partial charge in [-0.2, -0.15) is 9.78 Å². The molecule has 0 atom stereocenters. The van der Waals surface area contributed by atoms with Crippen molar-refractivity contribution >= 4 is 11.7 Å². The van der Waals surface area contributed by atoms with Gasteiger partial charge in [-0.1, -0.05) is 45.0 Å². The van der Waals surface area contributed by atoms with E-state index in [0.29, 0.717) is 23.3 Å². The number of hydrogen-bond donors (Lipinski definition) is 1. The molecule has 30 heavy (non-hydrogen) atoms. The molecule has 0 saturated carbocycles. The Labute approximate surface area is 174 Å². The summed E-state index contributed by atoms with van der Waals surface area (Å²) in [6.45, 7) is 7.93. The molecule has 152 valence electrons. The first kappa shape index (κ1) is 19.6. The maximum absolute atomic E-state index is 13.0. The molecule has 0 spiro atoms. The number of amides is 1. The highest BCUT2D eigenvalue weighted by atomic mass is 16.4. The number of rotatable bonds is 4. The van der Waals surface area contributed by atoms with Crippen LogP contribution in [0.1, 0.15) is 42.7 Å². The number of aryl methyl sites for hydroxylation is 1. The zero-order valence-corrected chi connectivity index (χ0v) is 17.4. The highest BCUT2D eigenvalue weighted by molar-refractivity contribution is 6.03. The van der Waals surface area contributed by atoms with E-state index in [0.717, 1.165) is 11.3 Å². The number of pyridine rings is 1. The monoisotopic (exact) mass is 401 g/mol. The van der Waals surface area contributed by atoms with Gasteiger partial charge in [-0.15, -0.1) is 0 Å². The second kappa shape index (κ2) is 7.59. The number of hydrogen-bond acceptors (Lipinski definition) is 5. The number of carbonyl (C=O) groups excluding carboxylic acids is 1. The van der Waals surface area contributed by atoms with Gasteiger partial charge in [0.25, 0.3) is 5.91 Å². The number of nitrogens with zero attached hydrogens (tertiary/aromatic N) is 4. The lowest BCUT2D eigenvalue weighted by Crippen LogP contribution is -2.17. The molecule has 1 N–H and O–H groups in total. The standard InChI is InChI=1S/C23H23N5O2/c1-15-20(26-22(30-15)16-10-6-5-7-11-16)21(29)25-19-14-17(23(2,3)4)27-28(19)18-12-8-9-13-24-18/h5-14H,1-4H3,(H,25,29). The first-order valence-corrected chi connectivity index (χ1v) is 9.69. The normalized spacial score (nSPS) is 11.5. The molecule has 7 heteroatoms. The van der Waals surface area contributed by atoms with Crippen molar-refractivity contribution in [1.82, 2.24) is 19.7 Å². The average molecular weight is 401 g/mol. The summed E-state index contributed by atoms with van der Waals surface area (Å²) in [4.78, 5) is 21.8. The molecule has 0 bridgehead atoms. The Hall–Kier alpha value is -3.74. The Morgan fingerprint density at radius 2 is 1.80 bits per heavy atom. The summed E-state index contributed by atoms with van der Waals surface area (Å²) in [5.74, 6) is 1.63. The minimum Gasteiger partial charge on any atom is -0.441 e. The zero-order chi connectivity index (χ0) is 21.3. The Balaban J connectivity index is 1.68. The fourth-order valence-corrected chi connectivity index (χ4v) is 2.98. The maximum atomic E-state index is 13.0. The van der Waals surface area contributed by atoms with Crippen LogP contribution >= 0.6 is 0 Å². The fraction of sp³-hybridized carbons (Fsp3) is 0.217. The Kier molecular flexibility index (Phi) is 4.95. The molecule has 0 unspecified atom stereocenters. The number of benzene rings is 1. The lowest BCUT2D eigenvalue weighted by Gasteiger charge is -2.13. The molecule has 7 nitrogen and oxygen atoms in total. The van der Waals surface area contributed by atoms with Crippen molar-refractivity contribution in [3.05, 3.63) is 77.9 Å². The van der Waals surface area contributed by atoms with Gasteiger partial charge in [0.2, 0.25) is 5.89 Å². The Morgan fingerprint density at radius 3 is 2.47 bits per heavy atom. The van der Waals surface area contributed by atoms with Crippen LogP contribution in [0, 0.1) is 6.92 Å². The number of aromatic nitrogens is 4. The van der Waals surface area contributed by atoms with Crippen LogP contribution in [-0.4, -0.2) is 25.7 Å². The molecule has 3 heterocycles. The zero-order valence-electron chi connectivity index (χ0n) is 17.4. The van der Waals surface area contributed by atoms with Gasteiger partial charge in [-0.25, -0.2) is 9.97 Å². The third-order valence-corrected chi connectivity index (χ3v) is 4.62. The maximum Gasteiger partial charge on any atom is 0.279 e. The largest absolute Gasteiger partial charge is 0.441 e. The van der Waals surface area contributed by atoms with Gasteiger partial charge in [0.1, 0.15) is 11.6 Å². The minimum absolute atomic E-state index is 0.191. The summed E-state index contributed by atoms with van der Waals surface area (Å²) < 4.78 is 7.36. The summed E-state index contributed by atoms with van der Waals surface area (Å²) in [5, 5.41) is 7.59. The fourth-order valence-electron chi connectivity index (χ4n) is 2.98. The van der Waals surface area contributed by atoms with Gasteiger partial charge in [-0.05, 0) is 31.2 Å². The van der Waals surface area contributed by atoms with E-state index in [1.165, 1.54) is 0 Å². The van der Waals surface area contributed by atoms with E-state index in [-0.39, 0.29) is 17.0 Å². The lowest BCUT2D eigenvalue weighted by atomic mass is 9.92. The van der Waals surface area contributed by atoms with Crippen molar-refractivity contribution in [3.63, 3.8) is 0 Å². The van der Waals surface area contributed by atoms with E-state index in [2.05, 4.69) is 41.2 Å². The van der Waals surface area contributed by atoms with Crippen molar-refractivity contribution in [2.75, 3.05) is 5.32 Å². The van der Waals surface area contributed by atoms with E-state index < -0.39 is 0 Å². The van der Waals surface area contributed by atoms with Crippen LogP contribution in [0.5, 0.6) is 0 Å². The van der Waals surface area contributed by atoms with Crippen molar-refractivity contribution in [2.24, 2.45) is 0 Å². The van der Waals surface area contributed by atoms with E-state index >= 15 is 0 Å². The van der Waals surface area contributed by atoms with E-state index in [1.807, 2.05) is 54.6 Å². The lowest BCUT2D eigenvalue weighted by molar-refractivity contribution is 0.102. The first-order valence-electron chi connectivity index (χ1n) is 9.69. The summed E-state index contributed by atoms with van der Waals surface area (Å²) in [6.07, 6.45) is 1.69. The molecular weight excluding hydrogens is 378 g/mol. The predicted molar refractivity (Wildman–Crippen MR) is 115 cm³/mol. The molecule has 1 amide bonds. The first-order chi connectivity index (χ1) is 14.3. The molecule has 0 aliphatic rings. The van der Waals surface area contributed by atoms with Crippen molar-refractivity contribution in [1.29, 1.82) is 0 Å². The van der Waals surface area contributed by atoms with E-state index in [1.54, 1.807) is 17.8 Å². The summed E-state index contributed by atoms with van der Waals surface area (Å²) in [5.41, 5.74) is 1.70. The van der Waals surface area contributed by atoms with Crippen LogP contribution in [0.3, 0.4) is 0 Å². The molecule has 3 aromatic heterocycles. The second-order valence-corrected chi connectivity index (χ2v) is 8.01. The molecule has 0 aliphatic heterocycles. The molecule has 4 rings (SSSR count). The smallest absolute Gasteiger partial charge is 0.279 e. The Bertz CT molecular complexity index is 1170. The van der Waals surface area contributed by atoms with Crippen LogP contribution in [0.25, 0.3) is 17.3 Å². The van der Waals surface area contributed by atoms with Gasteiger partial charge >= 0.3 is 0 Å². The molecular formula is C23H23N5O2. The minimum atomic E-state index is -0.365. The van der Waals surface area contributed by atoms with Crippen LogP contribution in [0.15, 0.2) is 65.2 Å². The number of carbonyl (C=O) groups is 1. The van der Waals surface area contributed by atoms with Crippen molar-refractivity contribution in [2.45, 2.75) is 33.1 Å². The summed E-state index contributed by atoms with van der Waals surface area (Å²) in [6, 6.07) is 16.9. The molecule has 0 radical (unpaired) electrons. The van der Waals surface area contributed by atoms with Crippen LogP contribution in [0.2, 0.25) is 0 Å². The number of anilines is 1. The highest BCUT2D eigenvalue weighted by Crippen LogP contribution is 2.27. The average Bonchev–Trinajstić information content (AvgIpc) is 3.33. The highest BCUT2D eigenvalue weighted by Gasteiger charge is 2.24. The molecule has 0 saturated heterocycles. The van der Waals surface area contributed by atoms with Gasteiger partial charge in [-0.3, -0.25) is 4.79 Å². The molecule has 0 fully saturated rings. The van der Waals surface area contributed by atoms with Crippen molar-refractivity contribution in [3.8, 4) is 17.3 Å². The third-order valence-electron chi connectivity index (χ3n) is 4.62. The number of oxazole rings is 1. The van der Waals surface area contributed by atoms with Gasteiger partial charge in [0.05, 0.1) is 5.69 Å². The third kappa shape index (κ3) is 3.87. The quantitative estimate of drug-likeness (QED) is 0.532. The van der Waals surface area contributed by atoms with Crippen LogP contribution < -0.4 is 5.32 Å². The molecule has 4 aromatic rings. The molecule has 0 aliphatic carbocycles. The summed E-state index contributed by atoms with van der Waals surface area (Å²) >= 11 is 0. The van der Waals surface area contributed by atoms with E-state index in [4.69, 9.17) is 4.42 Å². The van der Waals surface area contributed by atoms with Crippen molar-refractivity contribution < 1.29 is 9.21 Å². The predicted octanol–water partition coefficient (Wildman–Crippen LogP) is 4.78. The summed E-state index contributed by atoms with van der Waals surface area (Å²) in [7, 11) is 0. The molecule has 1 aromatic carbocycles. The van der Waals surface area contributed by atoms with Crippen LogP contribution in [-0.2, 0) is 5.41 Å². The van der Waals surface area contributed by atoms with Gasteiger partial charge in [0.15, 0.2) is 11.5 Å². The topological polar surface area (TPSA) is 85.8 Å². The number of nitrogens with one attached hydrogen (secondary N) is 1.